The lowest BCUT2D eigenvalue weighted by Gasteiger charge is -2.35. The number of methoxy groups -OCH3 is 2. The summed E-state index contributed by atoms with van der Waals surface area (Å²) in [6.07, 6.45) is -1.13. The zero-order chi connectivity index (χ0) is 19.3. The van der Waals surface area contributed by atoms with Gasteiger partial charge in [-0.1, -0.05) is 0 Å². The molecule has 1 aliphatic rings. The number of primary amides is 1. The van der Waals surface area contributed by atoms with Gasteiger partial charge in [0.1, 0.15) is 0 Å². The number of carbonyl (C=O) groups excluding carboxylic acids is 3. The van der Waals surface area contributed by atoms with Crippen molar-refractivity contribution < 1.29 is 33.3 Å². The van der Waals surface area contributed by atoms with Gasteiger partial charge in [-0.3, -0.25) is 9.59 Å². The standard InChI is InChI=1S/C17H22N2O7/c1-10-7-19(8-14(26-10)17(22)24-3)16(21)11-4-5-12(13(6-11)23-2)25-9-15(18)20/h4-6,10,14H,7-9H2,1-3H3,(H2,18,20)/t10-,14+/m1/s1. The molecule has 9 heteroatoms. The van der Waals surface area contributed by atoms with Crippen LogP contribution in [0.3, 0.4) is 0 Å². The molecule has 0 bridgehead atoms. The highest BCUT2D eigenvalue weighted by Gasteiger charge is 2.34. The Morgan fingerprint density at radius 3 is 2.58 bits per heavy atom. The number of esters is 1. The van der Waals surface area contributed by atoms with Crippen molar-refractivity contribution in [2.75, 3.05) is 33.9 Å². The minimum Gasteiger partial charge on any atom is -0.493 e. The quantitative estimate of drug-likeness (QED) is 0.702. The summed E-state index contributed by atoms with van der Waals surface area (Å²) in [5, 5.41) is 0. The molecule has 26 heavy (non-hydrogen) atoms. The van der Waals surface area contributed by atoms with Crippen molar-refractivity contribution in [2.45, 2.75) is 19.1 Å². The molecule has 2 N–H and O–H groups in total. The maximum atomic E-state index is 12.8. The van der Waals surface area contributed by atoms with Gasteiger partial charge in [-0.05, 0) is 25.1 Å². The Labute approximate surface area is 150 Å². The van der Waals surface area contributed by atoms with E-state index < -0.39 is 18.0 Å². The topological polar surface area (TPSA) is 117 Å². The number of ether oxygens (including phenoxy) is 4. The molecule has 1 aromatic rings. The van der Waals surface area contributed by atoms with Gasteiger partial charge in [0.05, 0.1) is 26.9 Å². The van der Waals surface area contributed by atoms with Gasteiger partial charge in [-0.15, -0.1) is 0 Å². The molecule has 0 spiro atoms. The van der Waals surface area contributed by atoms with Crippen LogP contribution in [0.5, 0.6) is 11.5 Å². The summed E-state index contributed by atoms with van der Waals surface area (Å²) >= 11 is 0. The van der Waals surface area contributed by atoms with E-state index in [1.165, 1.54) is 31.3 Å². The summed E-state index contributed by atoms with van der Waals surface area (Å²) in [7, 11) is 2.69. The number of morpholine rings is 1. The fraction of sp³-hybridized carbons (Fsp3) is 0.471. The van der Waals surface area contributed by atoms with Crippen molar-refractivity contribution in [1.82, 2.24) is 4.90 Å². The molecular formula is C17H22N2O7. The molecule has 1 aliphatic heterocycles. The first-order valence-electron chi connectivity index (χ1n) is 7.97. The number of carbonyl (C=O) groups is 3. The Balaban J connectivity index is 2.17. The Morgan fingerprint density at radius 2 is 1.96 bits per heavy atom. The maximum Gasteiger partial charge on any atom is 0.336 e. The van der Waals surface area contributed by atoms with Gasteiger partial charge < -0.3 is 29.6 Å². The predicted molar refractivity (Wildman–Crippen MR) is 89.9 cm³/mol. The van der Waals surface area contributed by atoms with E-state index >= 15 is 0 Å². The molecule has 0 aliphatic carbocycles. The van der Waals surface area contributed by atoms with Crippen LogP contribution in [0.4, 0.5) is 0 Å². The van der Waals surface area contributed by atoms with Crippen LogP contribution in [-0.2, 0) is 19.1 Å². The summed E-state index contributed by atoms with van der Waals surface area (Å²) < 4.78 is 20.7. The van der Waals surface area contributed by atoms with E-state index in [-0.39, 0.29) is 25.2 Å². The van der Waals surface area contributed by atoms with Crippen LogP contribution < -0.4 is 15.2 Å². The van der Waals surface area contributed by atoms with Crippen LogP contribution in [0, 0.1) is 0 Å². The smallest absolute Gasteiger partial charge is 0.336 e. The van der Waals surface area contributed by atoms with Crippen molar-refractivity contribution in [1.29, 1.82) is 0 Å². The minimum absolute atomic E-state index is 0.0953. The van der Waals surface area contributed by atoms with Gasteiger partial charge in [-0.2, -0.15) is 0 Å². The van der Waals surface area contributed by atoms with E-state index in [0.29, 0.717) is 23.6 Å². The molecule has 9 nitrogen and oxygen atoms in total. The molecular weight excluding hydrogens is 344 g/mol. The van der Waals surface area contributed by atoms with Crippen molar-refractivity contribution in [3.8, 4) is 11.5 Å². The number of nitrogens with zero attached hydrogens (tertiary/aromatic N) is 1. The fourth-order valence-corrected chi connectivity index (χ4v) is 2.63. The van der Waals surface area contributed by atoms with Crippen LogP contribution in [0.15, 0.2) is 18.2 Å². The lowest BCUT2D eigenvalue weighted by molar-refractivity contribution is -0.164. The van der Waals surface area contributed by atoms with E-state index in [4.69, 9.17) is 24.7 Å². The zero-order valence-electron chi connectivity index (χ0n) is 14.9. The van der Waals surface area contributed by atoms with Crippen LogP contribution >= 0.6 is 0 Å². The first-order valence-corrected chi connectivity index (χ1v) is 7.97. The zero-order valence-corrected chi connectivity index (χ0v) is 14.9. The Kier molecular flexibility index (Phi) is 6.40. The van der Waals surface area contributed by atoms with E-state index in [0.717, 1.165) is 0 Å². The lowest BCUT2D eigenvalue weighted by Crippen LogP contribution is -2.52. The number of nitrogens with two attached hydrogens (primary N) is 1. The molecule has 0 radical (unpaired) electrons. The first-order chi connectivity index (χ1) is 12.3. The van der Waals surface area contributed by atoms with Crippen molar-refractivity contribution in [2.24, 2.45) is 5.73 Å². The Bertz CT molecular complexity index is 692. The van der Waals surface area contributed by atoms with E-state index in [1.807, 2.05) is 0 Å². The van der Waals surface area contributed by atoms with Crippen LogP contribution in [-0.4, -0.2) is 68.8 Å². The highest BCUT2D eigenvalue weighted by Crippen LogP contribution is 2.29. The molecule has 2 amide bonds. The maximum absolute atomic E-state index is 12.8. The number of benzene rings is 1. The van der Waals surface area contributed by atoms with Crippen molar-refractivity contribution in [3.05, 3.63) is 23.8 Å². The average molecular weight is 366 g/mol. The summed E-state index contributed by atoms with van der Waals surface area (Å²) in [5.41, 5.74) is 5.41. The fourth-order valence-electron chi connectivity index (χ4n) is 2.63. The molecule has 2 rings (SSSR count). The van der Waals surface area contributed by atoms with E-state index in [1.54, 1.807) is 13.0 Å². The SMILES string of the molecule is COC(=O)[C@@H]1CN(C(=O)c2ccc(OCC(N)=O)c(OC)c2)C[C@@H](C)O1. The third-order valence-electron chi connectivity index (χ3n) is 3.79. The van der Waals surface area contributed by atoms with Crippen LogP contribution in [0.1, 0.15) is 17.3 Å². The molecule has 0 saturated carbocycles. The Hall–Kier alpha value is -2.81. The van der Waals surface area contributed by atoms with Gasteiger partial charge in [0, 0.05) is 12.1 Å². The molecule has 1 saturated heterocycles. The third kappa shape index (κ3) is 4.63. The highest BCUT2D eigenvalue weighted by molar-refractivity contribution is 5.95. The van der Waals surface area contributed by atoms with E-state index in [9.17, 15) is 14.4 Å². The second kappa shape index (κ2) is 8.52. The van der Waals surface area contributed by atoms with Gasteiger partial charge in [0.25, 0.3) is 11.8 Å². The molecule has 0 aromatic heterocycles. The van der Waals surface area contributed by atoms with Crippen molar-refractivity contribution >= 4 is 17.8 Å². The predicted octanol–water partition coefficient (Wildman–Crippen LogP) is -0.0382. The molecule has 1 heterocycles. The van der Waals surface area contributed by atoms with Crippen LogP contribution in [0.2, 0.25) is 0 Å². The Morgan fingerprint density at radius 1 is 1.23 bits per heavy atom. The highest BCUT2D eigenvalue weighted by atomic mass is 16.6. The van der Waals surface area contributed by atoms with E-state index in [2.05, 4.69) is 0 Å². The summed E-state index contributed by atoms with van der Waals surface area (Å²) in [4.78, 5) is 36.9. The van der Waals surface area contributed by atoms with Crippen molar-refractivity contribution in [3.63, 3.8) is 0 Å². The second-order valence-corrected chi connectivity index (χ2v) is 5.79. The molecule has 142 valence electrons. The number of hydrogen-bond acceptors (Lipinski definition) is 7. The van der Waals surface area contributed by atoms with Gasteiger partial charge in [-0.25, -0.2) is 4.79 Å². The molecule has 0 unspecified atom stereocenters. The molecule has 2 atom stereocenters. The lowest BCUT2D eigenvalue weighted by atomic mass is 10.1. The number of rotatable bonds is 6. The molecule has 1 aromatic carbocycles. The monoisotopic (exact) mass is 366 g/mol. The average Bonchev–Trinajstić information content (AvgIpc) is 2.64. The van der Waals surface area contributed by atoms with Gasteiger partial charge in [0.2, 0.25) is 0 Å². The largest absolute Gasteiger partial charge is 0.493 e. The third-order valence-corrected chi connectivity index (χ3v) is 3.79. The summed E-state index contributed by atoms with van der Waals surface area (Å²) in [5.74, 6) is -0.840. The van der Waals surface area contributed by atoms with Crippen LogP contribution in [0.25, 0.3) is 0 Å². The second-order valence-electron chi connectivity index (χ2n) is 5.79. The van der Waals surface area contributed by atoms with Gasteiger partial charge in [0.15, 0.2) is 24.2 Å². The number of hydrogen-bond donors (Lipinski definition) is 1. The minimum atomic E-state index is -0.826. The first kappa shape index (κ1) is 19.5. The summed E-state index contributed by atoms with van der Waals surface area (Å²) in [6, 6.07) is 4.58. The summed E-state index contributed by atoms with van der Waals surface area (Å²) in [6.45, 7) is 1.91. The van der Waals surface area contributed by atoms with Gasteiger partial charge >= 0.3 is 5.97 Å². The number of amides is 2. The molecule has 1 fully saturated rings. The normalized spacial score (nSPS) is 19.6.